The third-order valence-corrected chi connectivity index (χ3v) is 6.15. The minimum atomic E-state index is -0.458. The Labute approximate surface area is 190 Å². The highest BCUT2D eigenvalue weighted by Crippen LogP contribution is 2.38. The fourth-order valence-corrected chi connectivity index (χ4v) is 4.69. The predicted octanol–water partition coefficient (Wildman–Crippen LogP) is 2.71. The lowest BCUT2D eigenvalue weighted by Crippen LogP contribution is -2.33. The number of rotatable bonds is 7. The topological polar surface area (TPSA) is 91.0 Å². The van der Waals surface area contributed by atoms with Crippen molar-refractivity contribution in [2.24, 2.45) is 0 Å². The molecule has 3 heterocycles. The van der Waals surface area contributed by atoms with Gasteiger partial charge in [-0.1, -0.05) is 12.1 Å². The van der Waals surface area contributed by atoms with Crippen molar-refractivity contribution in [2.75, 3.05) is 45.9 Å². The van der Waals surface area contributed by atoms with Crippen LogP contribution in [0, 0.1) is 0 Å². The van der Waals surface area contributed by atoms with Gasteiger partial charge in [-0.2, -0.15) is 4.73 Å². The lowest BCUT2D eigenvalue weighted by molar-refractivity contribution is 0.0600. The lowest BCUT2D eigenvalue weighted by atomic mass is 10.1. The summed E-state index contributed by atoms with van der Waals surface area (Å²) in [5, 5.41) is 10.4. The summed E-state index contributed by atoms with van der Waals surface area (Å²) in [6.45, 7) is 2.59. The van der Waals surface area contributed by atoms with Gasteiger partial charge >= 0.3 is 5.97 Å². The molecular formula is C24H26N4O5. The standard InChI is InChI=1S/C24H26N4O5/c1-31-20-14-16(24(30)32-2)12-17-22(20)28(33-3)23(25-17)19-13-15-6-4-7-18-21(15)27(19)10-9-26(18)8-5-11-29/h4,6-7,12-14,29H,5,8-11H2,1-3H3. The second kappa shape index (κ2) is 8.32. The average molecular weight is 450 g/mol. The van der Waals surface area contributed by atoms with Crippen molar-refractivity contribution < 1.29 is 24.2 Å². The van der Waals surface area contributed by atoms with Gasteiger partial charge in [0.1, 0.15) is 18.4 Å². The SMILES string of the molecule is COC(=O)c1cc(OC)c2c(c1)nc(-c1cc3cccc4c3n1CCN4CCCO)n2OC. The number of nitrogens with zero attached hydrogens (tertiary/aromatic N) is 4. The molecule has 0 atom stereocenters. The van der Waals surface area contributed by atoms with Crippen molar-refractivity contribution in [1.82, 2.24) is 14.3 Å². The first-order chi connectivity index (χ1) is 16.1. The molecule has 0 fully saturated rings. The first-order valence-electron chi connectivity index (χ1n) is 10.8. The molecule has 1 N–H and O–H groups in total. The number of para-hydroxylation sites is 1. The highest BCUT2D eigenvalue weighted by Gasteiger charge is 2.26. The van der Waals surface area contributed by atoms with Crippen LogP contribution in [0.1, 0.15) is 16.8 Å². The Morgan fingerprint density at radius 1 is 1.12 bits per heavy atom. The zero-order chi connectivity index (χ0) is 23.1. The smallest absolute Gasteiger partial charge is 0.338 e. The summed E-state index contributed by atoms with van der Waals surface area (Å²) in [7, 11) is 4.47. The molecule has 9 nitrogen and oxygen atoms in total. The summed E-state index contributed by atoms with van der Waals surface area (Å²) in [5.41, 5.74) is 4.76. The van der Waals surface area contributed by atoms with E-state index in [2.05, 4.69) is 27.7 Å². The van der Waals surface area contributed by atoms with E-state index < -0.39 is 5.97 Å². The van der Waals surface area contributed by atoms with Crippen LogP contribution in [-0.2, 0) is 11.3 Å². The second-order valence-electron chi connectivity index (χ2n) is 7.91. The molecule has 9 heteroatoms. The number of methoxy groups -OCH3 is 2. The molecule has 33 heavy (non-hydrogen) atoms. The zero-order valence-corrected chi connectivity index (χ0v) is 18.9. The molecule has 2 aromatic carbocycles. The van der Waals surface area contributed by atoms with E-state index in [1.165, 1.54) is 7.11 Å². The first-order valence-corrected chi connectivity index (χ1v) is 10.8. The zero-order valence-electron chi connectivity index (χ0n) is 18.9. The highest BCUT2D eigenvalue weighted by molar-refractivity contribution is 5.99. The number of aromatic nitrogens is 3. The molecule has 4 aromatic rings. The Morgan fingerprint density at radius 3 is 2.70 bits per heavy atom. The first kappa shape index (κ1) is 21.1. The fourth-order valence-electron chi connectivity index (χ4n) is 4.69. The van der Waals surface area contributed by atoms with Crippen molar-refractivity contribution in [1.29, 1.82) is 0 Å². The third-order valence-electron chi connectivity index (χ3n) is 6.15. The van der Waals surface area contributed by atoms with Crippen molar-refractivity contribution >= 4 is 33.6 Å². The molecule has 0 radical (unpaired) electrons. The minimum absolute atomic E-state index is 0.173. The molecule has 1 aliphatic rings. The van der Waals surface area contributed by atoms with Gasteiger partial charge in [0.25, 0.3) is 0 Å². The van der Waals surface area contributed by atoms with Gasteiger partial charge in [-0.3, -0.25) is 0 Å². The predicted molar refractivity (Wildman–Crippen MR) is 125 cm³/mol. The third kappa shape index (κ3) is 3.27. The number of benzene rings is 2. The van der Waals surface area contributed by atoms with E-state index in [4.69, 9.17) is 19.3 Å². The van der Waals surface area contributed by atoms with Gasteiger partial charge < -0.3 is 28.9 Å². The molecule has 0 unspecified atom stereocenters. The van der Waals surface area contributed by atoms with Crippen LogP contribution in [-0.4, -0.2) is 66.4 Å². The van der Waals surface area contributed by atoms with Crippen molar-refractivity contribution in [3.05, 3.63) is 42.0 Å². The van der Waals surface area contributed by atoms with E-state index in [1.54, 1.807) is 31.1 Å². The highest BCUT2D eigenvalue weighted by atomic mass is 16.6. The summed E-state index contributed by atoms with van der Waals surface area (Å²) in [6, 6.07) is 11.7. The molecule has 0 bridgehead atoms. The Hall–Kier alpha value is -3.72. The van der Waals surface area contributed by atoms with Gasteiger partial charge in [-0.25, -0.2) is 9.78 Å². The maximum Gasteiger partial charge on any atom is 0.338 e. The number of hydrogen-bond acceptors (Lipinski definition) is 7. The number of imidazole rings is 1. The molecular weight excluding hydrogens is 424 g/mol. The number of carbonyl (C=O) groups is 1. The maximum absolute atomic E-state index is 12.2. The number of aliphatic hydroxyl groups is 1. The quantitative estimate of drug-likeness (QED) is 0.433. The van der Waals surface area contributed by atoms with Crippen LogP contribution in [0.5, 0.6) is 5.75 Å². The van der Waals surface area contributed by atoms with Crippen LogP contribution in [0.15, 0.2) is 36.4 Å². The van der Waals surface area contributed by atoms with Gasteiger partial charge in [0.15, 0.2) is 5.82 Å². The van der Waals surface area contributed by atoms with Gasteiger partial charge in [0.05, 0.1) is 42.2 Å². The Bertz CT molecular complexity index is 1360. The molecule has 0 aliphatic carbocycles. The molecule has 0 spiro atoms. The summed E-state index contributed by atoms with van der Waals surface area (Å²) in [4.78, 5) is 25.1. The maximum atomic E-state index is 12.2. The monoisotopic (exact) mass is 450 g/mol. The number of aliphatic hydroxyl groups excluding tert-OH is 1. The summed E-state index contributed by atoms with van der Waals surface area (Å²) >= 11 is 0. The van der Waals surface area contributed by atoms with Gasteiger partial charge in [0.2, 0.25) is 0 Å². The van der Waals surface area contributed by atoms with Gasteiger partial charge in [-0.05, 0) is 30.7 Å². The van der Waals surface area contributed by atoms with E-state index in [0.29, 0.717) is 28.2 Å². The molecule has 0 amide bonds. The number of fused-ring (bicyclic) bond motifs is 1. The molecule has 1 aliphatic heterocycles. The molecule has 2 aromatic heterocycles. The minimum Gasteiger partial charge on any atom is -0.494 e. The fraction of sp³-hybridized carbons (Fsp3) is 0.333. The Kier molecular flexibility index (Phi) is 5.33. The Balaban J connectivity index is 1.73. The number of ether oxygens (including phenoxy) is 2. The van der Waals surface area contributed by atoms with Crippen LogP contribution in [0.4, 0.5) is 5.69 Å². The lowest BCUT2D eigenvalue weighted by Gasteiger charge is -2.31. The number of anilines is 1. The van der Waals surface area contributed by atoms with Crippen molar-refractivity contribution in [3.8, 4) is 17.3 Å². The number of hydrogen-bond donors (Lipinski definition) is 1. The number of carbonyl (C=O) groups excluding carboxylic acids is 1. The van der Waals surface area contributed by atoms with E-state index in [0.717, 1.165) is 48.3 Å². The molecule has 5 rings (SSSR count). The van der Waals surface area contributed by atoms with Crippen LogP contribution < -0.4 is 14.5 Å². The largest absolute Gasteiger partial charge is 0.494 e. The average Bonchev–Trinajstić information content (AvgIpc) is 3.41. The van der Waals surface area contributed by atoms with Crippen LogP contribution >= 0.6 is 0 Å². The van der Waals surface area contributed by atoms with Gasteiger partial charge in [-0.15, -0.1) is 0 Å². The van der Waals surface area contributed by atoms with Crippen molar-refractivity contribution in [2.45, 2.75) is 13.0 Å². The number of esters is 1. The van der Waals surface area contributed by atoms with Crippen molar-refractivity contribution in [3.63, 3.8) is 0 Å². The summed E-state index contributed by atoms with van der Waals surface area (Å²) in [5.74, 6) is 0.637. The van der Waals surface area contributed by atoms with E-state index in [-0.39, 0.29) is 6.61 Å². The molecule has 0 saturated carbocycles. The summed E-state index contributed by atoms with van der Waals surface area (Å²) in [6.07, 6.45) is 0.728. The normalized spacial score (nSPS) is 13.0. The van der Waals surface area contributed by atoms with Crippen LogP contribution in [0.3, 0.4) is 0 Å². The van der Waals surface area contributed by atoms with Gasteiger partial charge in [0, 0.05) is 31.6 Å². The Morgan fingerprint density at radius 2 is 1.97 bits per heavy atom. The second-order valence-corrected chi connectivity index (χ2v) is 7.91. The van der Waals surface area contributed by atoms with E-state index in [9.17, 15) is 9.90 Å². The van der Waals surface area contributed by atoms with Crippen LogP contribution in [0.25, 0.3) is 33.5 Å². The molecule has 172 valence electrons. The van der Waals surface area contributed by atoms with E-state index in [1.807, 2.05) is 6.07 Å². The van der Waals surface area contributed by atoms with Crippen LogP contribution in [0.2, 0.25) is 0 Å². The molecule has 0 saturated heterocycles. The summed E-state index contributed by atoms with van der Waals surface area (Å²) < 4.78 is 14.4. The van der Waals surface area contributed by atoms with E-state index >= 15 is 0 Å².